The van der Waals surface area contributed by atoms with Gasteiger partial charge in [-0.15, -0.1) is 0 Å². The topological polar surface area (TPSA) is 68.5 Å². The van der Waals surface area contributed by atoms with Gasteiger partial charge >= 0.3 is 0 Å². The summed E-state index contributed by atoms with van der Waals surface area (Å²) in [6, 6.07) is 3.49. The number of rotatable bonds is 5. The van der Waals surface area contributed by atoms with E-state index in [1.807, 2.05) is 13.0 Å². The number of aryl methyl sites for hydroxylation is 1. The van der Waals surface area contributed by atoms with E-state index in [9.17, 15) is 4.79 Å². The molecule has 0 saturated heterocycles. The summed E-state index contributed by atoms with van der Waals surface area (Å²) in [5.74, 6) is -0.151. The number of carbonyl (C=O) groups is 1. The van der Waals surface area contributed by atoms with Gasteiger partial charge in [-0.1, -0.05) is 0 Å². The van der Waals surface area contributed by atoms with Gasteiger partial charge in [0.05, 0.1) is 5.69 Å². The van der Waals surface area contributed by atoms with Crippen LogP contribution in [0, 0.1) is 6.92 Å². The molecule has 0 bridgehead atoms. The van der Waals surface area contributed by atoms with Crippen molar-refractivity contribution in [2.45, 2.75) is 13.3 Å². The van der Waals surface area contributed by atoms with Crippen molar-refractivity contribution >= 4 is 11.6 Å². The van der Waals surface area contributed by atoms with E-state index in [1.165, 1.54) is 0 Å². The molecule has 0 atom stereocenters. The van der Waals surface area contributed by atoms with Crippen molar-refractivity contribution in [2.24, 2.45) is 0 Å². The maximum Gasteiger partial charge on any atom is 0.270 e. The monoisotopic (exact) mass is 248 g/mol. The Morgan fingerprint density at radius 1 is 1.56 bits per heavy atom. The predicted molar refractivity (Wildman–Crippen MR) is 66.6 cm³/mol. The zero-order chi connectivity index (χ0) is 13.0. The van der Waals surface area contributed by atoms with E-state index in [2.05, 4.69) is 15.4 Å². The highest BCUT2D eigenvalue weighted by atomic mass is 16.5. The standard InChI is InChI=1S/C12H16N4O2/c1-9-8-11-13-6-4-10(16(11)15-9)12(17)14-5-3-7-18-2/h4,6,8H,3,5,7H2,1-2H3,(H,14,17). The molecule has 0 radical (unpaired) electrons. The van der Waals surface area contributed by atoms with Crippen LogP contribution in [-0.2, 0) is 4.74 Å². The summed E-state index contributed by atoms with van der Waals surface area (Å²) in [4.78, 5) is 16.1. The maximum absolute atomic E-state index is 12.0. The molecule has 96 valence electrons. The van der Waals surface area contributed by atoms with Crippen molar-refractivity contribution in [1.29, 1.82) is 0 Å². The largest absolute Gasteiger partial charge is 0.385 e. The second-order valence-electron chi connectivity index (χ2n) is 3.99. The second kappa shape index (κ2) is 5.59. The second-order valence-corrected chi connectivity index (χ2v) is 3.99. The smallest absolute Gasteiger partial charge is 0.270 e. The average Bonchev–Trinajstić information content (AvgIpc) is 2.74. The highest BCUT2D eigenvalue weighted by Crippen LogP contribution is 2.06. The quantitative estimate of drug-likeness (QED) is 0.795. The molecule has 0 aliphatic heterocycles. The molecule has 6 heteroatoms. The zero-order valence-corrected chi connectivity index (χ0v) is 10.5. The van der Waals surface area contributed by atoms with E-state index in [0.29, 0.717) is 24.5 Å². The van der Waals surface area contributed by atoms with Gasteiger partial charge in [-0.3, -0.25) is 4.79 Å². The zero-order valence-electron chi connectivity index (χ0n) is 10.5. The Bertz CT molecular complexity index is 550. The van der Waals surface area contributed by atoms with Crippen LogP contribution in [0.4, 0.5) is 0 Å². The molecule has 1 amide bonds. The SMILES string of the molecule is COCCCNC(=O)c1ccnc2cc(C)nn12. The fraction of sp³-hybridized carbons (Fsp3) is 0.417. The van der Waals surface area contributed by atoms with Gasteiger partial charge in [0, 0.05) is 32.5 Å². The lowest BCUT2D eigenvalue weighted by atomic mass is 10.3. The van der Waals surface area contributed by atoms with E-state index in [-0.39, 0.29) is 5.91 Å². The first-order chi connectivity index (χ1) is 8.72. The van der Waals surface area contributed by atoms with Crippen molar-refractivity contribution in [3.63, 3.8) is 0 Å². The molecule has 2 heterocycles. The van der Waals surface area contributed by atoms with Crippen LogP contribution in [0.25, 0.3) is 5.65 Å². The van der Waals surface area contributed by atoms with Crippen molar-refractivity contribution in [1.82, 2.24) is 19.9 Å². The third-order valence-corrected chi connectivity index (χ3v) is 2.52. The average molecular weight is 248 g/mol. The fourth-order valence-electron chi connectivity index (χ4n) is 1.69. The Morgan fingerprint density at radius 2 is 2.39 bits per heavy atom. The minimum Gasteiger partial charge on any atom is -0.385 e. The molecule has 6 nitrogen and oxygen atoms in total. The summed E-state index contributed by atoms with van der Waals surface area (Å²) in [6.45, 7) is 3.08. The number of hydrogen-bond donors (Lipinski definition) is 1. The van der Waals surface area contributed by atoms with E-state index in [0.717, 1.165) is 12.1 Å². The summed E-state index contributed by atoms with van der Waals surface area (Å²) in [5, 5.41) is 7.07. The number of carbonyl (C=O) groups excluding carboxylic acids is 1. The van der Waals surface area contributed by atoms with Gasteiger partial charge in [-0.2, -0.15) is 5.10 Å². The van der Waals surface area contributed by atoms with E-state index in [1.54, 1.807) is 23.9 Å². The first-order valence-electron chi connectivity index (χ1n) is 5.81. The number of nitrogens with one attached hydrogen (secondary N) is 1. The molecule has 0 spiro atoms. The molecule has 2 rings (SSSR count). The van der Waals surface area contributed by atoms with Gasteiger partial charge < -0.3 is 10.1 Å². The molecular weight excluding hydrogens is 232 g/mol. The summed E-state index contributed by atoms with van der Waals surface area (Å²) < 4.78 is 6.48. The van der Waals surface area contributed by atoms with Crippen LogP contribution in [0.2, 0.25) is 0 Å². The number of methoxy groups -OCH3 is 1. The number of fused-ring (bicyclic) bond motifs is 1. The molecule has 0 fully saturated rings. The Morgan fingerprint density at radius 3 is 3.17 bits per heavy atom. The summed E-state index contributed by atoms with van der Waals surface area (Å²) in [5.41, 5.74) is 2.00. The molecule has 0 unspecified atom stereocenters. The molecule has 0 aliphatic rings. The number of ether oxygens (including phenoxy) is 1. The molecule has 2 aromatic rings. The molecule has 0 aliphatic carbocycles. The first kappa shape index (κ1) is 12.5. The number of aromatic nitrogens is 3. The van der Waals surface area contributed by atoms with Crippen LogP contribution < -0.4 is 5.32 Å². The van der Waals surface area contributed by atoms with Crippen molar-refractivity contribution in [3.05, 3.63) is 29.7 Å². The molecule has 2 aromatic heterocycles. The minimum atomic E-state index is -0.151. The van der Waals surface area contributed by atoms with Gasteiger partial charge in [-0.25, -0.2) is 9.50 Å². The maximum atomic E-state index is 12.0. The Labute approximate surface area is 105 Å². The van der Waals surface area contributed by atoms with Gasteiger partial charge in [0.2, 0.25) is 0 Å². The van der Waals surface area contributed by atoms with Gasteiger partial charge in [0.15, 0.2) is 5.65 Å². The normalized spacial score (nSPS) is 10.8. The van der Waals surface area contributed by atoms with Gasteiger partial charge in [0.25, 0.3) is 5.91 Å². The van der Waals surface area contributed by atoms with Crippen molar-refractivity contribution in [3.8, 4) is 0 Å². The Hall–Kier alpha value is -1.95. The van der Waals surface area contributed by atoms with Gasteiger partial charge in [0.1, 0.15) is 5.69 Å². The summed E-state index contributed by atoms with van der Waals surface area (Å²) >= 11 is 0. The number of amides is 1. The fourth-order valence-corrected chi connectivity index (χ4v) is 1.69. The molecule has 0 saturated carbocycles. The third kappa shape index (κ3) is 2.65. The van der Waals surface area contributed by atoms with E-state index < -0.39 is 0 Å². The van der Waals surface area contributed by atoms with Crippen LogP contribution in [0.1, 0.15) is 22.6 Å². The van der Waals surface area contributed by atoms with Crippen molar-refractivity contribution < 1.29 is 9.53 Å². The lowest BCUT2D eigenvalue weighted by molar-refractivity contribution is 0.0941. The predicted octanol–water partition coefficient (Wildman–Crippen LogP) is 0.804. The molecule has 18 heavy (non-hydrogen) atoms. The number of hydrogen-bond acceptors (Lipinski definition) is 4. The lowest BCUT2D eigenvalue weighted by Gasteiger charge is -2.06. The molecule has 1 N–H and O–H groups in total. The summed E-state index contributed by atoms with van der Waals surface area (Å²) in [6.07, 6.45) is 2.40. The van der Waals surface area contributed by atoms with Crippen molar-refractivity contribution in [2.75, 3.05) is 20.3 Å². The highest BCUT2D eigenvalue weighted by molar-refractivity contribution is 5.92. The summed E-state index contributed by atoms with van der Waals surface area (Å²) in [7, 11) is 1.64. The first-order valence-corrected chi connectivity index (χ1v) is 5.81. The van der Waals surface area contributed by atoms with Crippen LogP contribution >= 0.6 is 0 Å². The van der Waals surface area contributed by atoms with E-state index >= 15 is 0 Å². The van der Waals surface area contributed by atoms with Crippen LogP contribution in [-0.4, -0.2) is 40.8 Å². The van der Waals surface area contributed by atoms with Gasteiger partial charge in [-0.05, 0) is 19.4 Å². The molecule has 0 aromatic carbocycles. The van der Waals surface area contributed by atoms with Crippen LogP contribution in [0.15, 0.2) is 18.3 Å². The van der Waals surface area contributed by atoms with E-state index in [4.69, 9.17) is 4.74 Å². The third-order valence-electron chi connectivity index (χ3n) is 2.52. The number of nitrogens with zero attached hydrogens (tertiary/aromatic N) is 3. The minimum absolute atomic E-state index is 0.151. The molecular formula is C12H16N4O2. The Kier molecular flexibility index (Phi) is 3.88. The van der Waals surface area contributed by atoms with Crippen LogP contribution in [0.3, 0.4) is 0 Å². The Balaban J connectivity index is 2.12. The van der Waals surface area contributed by atoms with Crippen LogP contribution in [0.5, 0.6) is 0 Å². The highest BCUT2D eigenvalue weighted by Gasteiger charge is 2.11. The lowest BCUT2D eigenvalue weighted by Crippen LogP contribution is -2.27.